The SMILES string of the molecule is CC(NCC1CCCC1O)c1cccc(OCCN(C)C)c1. The summed E-state index contributed by atoms with van der Waals surface area (Å²) in [5, 5.41) is 13.4. The highest BCUT2D eigenvalue weighted by Gasteiger charge is 2.25. The van der Waals surface area contributed by atoms with Crippen LogP contribution in [0.1, 0.15) is 37.8 Å². The maximum atomic E-state index is 9.89. The zero-order chi connectivity index (χ0) is 15.9. The lowest BCUT2D eigenvalue weighted by molar-refractivity contribution is 0.130. The first kappa shape index (κ1) is 17.3. The fraction of sp³-hybridized carbons (Fsp3) is 0.667. The summed E-state index contributed by atoms with van der Waals surface area (Å²) in [7, 11) is 4.09. The summed E-state index contributed by atoms with van der Waals surface area (Å²) in [5.41, 5.74) is 1.23. The number of rotatable bonds is 8. The Morgan fingerprint density at radius 1 is 1.36 bits per heavy atom. The molecule has 0 heterocycles. The zero-order valence-corrected chi connectivity index (χ0v) is 14.1. The van der Waals surface area contributed by atoms with Gasteiger partial charge in [0.15, 0.2) is 0 Å². The number of nitrogens with zero attached hydrogens (tertiary/aromatic N) is 1. The van der Waals surface area contributed by atoms with Crippen LogP contribution >= 0.6 is 0 Å². The number of aliphatic hydroxyl groups excluding tert-OH is 1. The Balaban J connectivity index is 1.82. The summed E-state index contributed by atoms with van der Waals surface area (Å²) in [6.45, 7) is 4.67. The van der Waals surface area contributed by atoms with E-state index >= 15 is 0 Å². The van der Waals surface area contributed by atoms with E-state index in [4.69, 9.17) is 4.74 Å². The average molecular weight is 306 g/mol. The third kappa shape index (κ3) is 5.27. The van der Waals surface area contributed by atoms with Gasteiger partial charge in [0, 0.05) is 19.1 Å². The van der Waals surface area contributed by atoms with Crippen LogP contribution in [0.4, 0.5) is 0 Å². The molecule has 22 heavy (non-hydrogen) atoms. The molecular weight excluding hydrogens is 276 g/mol. The Morgan fingerprint density at radius 3 is 2.86 bits per heavy atom. The molecule has 0 spiro atoms. The number of hydrogen-bond acceptors (Lipinski definition) is 4. The van der Waals surface area contributed by atoms with Gasteiger partial charge in [-0.25, -0.2) is 0 Å². The van der Waals surface area contributed by atoms with Gasteiger partial charge in [-0.15, -0.1) is 0 Å². The Kier molecular flexibility index (Phi) is 6.68. The molecule has 4 heteroatoms. The molecule has 124 valence electrons. The molecule has 3 atom stereocenters. The smallest absolute Gasteiger partial charge is 0.119 e. The predicted molar refractivity (Wildman–Crippen MR) is 90.3 cm³/mol. The molecule has 0 radical (unpaired) electrons. The fourth-order valence-electron chi connectivity index (χ4n) is 2.92. The molecule has 1 aromatic carbocycles. The standard InChI is InChI=1S/C18H30N2O2/c1-14(19-13-16-7-5-9-18(16)21)15-6-4-8-17(12-15)22-11-10-20(2)3/h4,6,8,12,14,16,18-19,21H,5,7,9-11,13H2,1-3H3. The van der Waals surface area contributed by atoms with E-state index in [9.17, 15) is 5.11 Å². The Hall–Kier alpha value is -1.10. The minimum absolute atomic E-state index is 0.125. The third-order valence-electron chi connectivity index (χ3n) is 4.47. The number of benzene rings is 1. The third-order valence-corrected chi connectivity index (χ3v) is 4.47. The average Bonchev–Trinajstić information content (AvgIpc) is 2.90. The molecule has 2 N–H and O–H groups in total. The van der Waals surface area contributed by atoms with Gasteiger partial charge < -0.3 is 20.1 Å². The van der Waals surface area contributed by atoms with Gasteiger partial charge in [0.2, 0.25) is 0 Å². The van der Waals surface area contributed by atoms with Crippen LogP contribution in [-0.4, -0.2) is 49.9 Å². The number of hydrogen-bond donors (Lipinski definition) is 2. The molecule has 1 saturated carbocycles. The van der Waals surface area contributed by atoms with Crippen molar-refractivity contribution in [3.8, 4) is 5.75 Å². The maximum absolute atomic E-state index is 9.89. The molecule has 1 aromatic rings. The summed E-state index contributed by atoms with van der Waals surface area (Å²) in [6, 6.07) is 8.56. The first-order valence-electron chi connectivity index (χ1n) is 8.35. The fourth-order valence-corrected chi connectivity index (χ4v) is 2.92. The maximum Gasteiger partial charge on any atom is 0.119 e. The van der Waals surface area contributed by atoms with Gasteiger partial charge in [-0.1, -0.05) is 18.6 Å². The molecule has 0 amide bonds. The number of aliphatic hydroxyl groups is 1. The van der Waals surface area contributed by atoms with Crippen molar-refractivity contribution in [2.45, 2.75) is 38.3 Å². The second-order valence-electron chi connectivity index (χ2n) is 6.61. The van der Waals surface area contributed by atoms with E-state index in [1.165, 1.54) is 5.56 Å². The highest BCUT2D eigenvalue weighted by atomic mass is 16.5. The van der Waals surface area contributed by atoms with Crippen molar-refractivity contribution in [1.29, 1.82) is 0 Å². The normalized spacial score (nSPS) is 23.0. The second-order valence-corrected chi connectivity index (χ2v) is 6.61. The van der Waals surface area contributed by atoms with Gasteiger partial charge >= 0.3 is 0 Å². The topological polar surface area (TPSA) is 44.7 Å². The van der Waals surface area contributed by atoms with Crippen LogP contribution in [0.25, 0.3) is 0 Å². The summed E-state index contributed by atoms with van der Waals surface area (Å²) < 4.78 is 5.79. The van der Waals surface area contributed by atoms with Gasteiger partial charge in [0.05, 0.1) is 6.10 Å². The van der Waals surface area contributed by atoms with Gasteiger partial charge in [0.1, 0.15) is 12.4 Å². The first-order chi connectivity index (χ1) is 10.6. The van der Waals surface area contributed by atoms with E-state index in [0.717, 1.165) is 38.1 Å². The Labute approximate surface area is 134 Å². The molecule has 2 rings (SSSR count). The highest BCUT2D eigenvalue weighted by molar-refractivity contribution is 5.30. The van der Waals surface area contributed by atoms with Crippen LogP contribution in [0.2, 0.25) is 0 Å². The summed E-state index contributed by atoms with van der Waals surface area (Å²) in [6.07, 6.45) is 3.11. The van der Waals surface area contributed by atoms with Crippen molar-refractivity contribution in [2.24, 2.45) is 5.92 Å². The van der Waals surface area contributed by atoms with Crippen LogP contribution in [0.3, 0.4) is 0 Å². The van der Waals surface area contributed by atoms with Crippen LogP contribution < -0.4 is 10.1 Å². The second kappa shape index (κ2) is 8.51. The van der Waals surface area contributed by atoms with Crippen molar-refractivity contribution < 1.29 is 9.84 Å². The van der Waals surface area contributed by atoms with Gasteiger partial charge in [0.25, 0.3) is 0 Å². The molecule has 4 nitrogen and oxygen atoms in total. The van der Waals surface area contributed by atoms with Crippen LogP contribution in [0.15, 0.2) is 24.3 Å². The largest absolute Gasteiger partial charge is 0.492 e. The van der Waals surface area contributed by atoms with E-state index in [-0.39, 0.29) is 12.1 Å². The molecule has 3 unspecified atom stereocenters. The van der Waals surface area contributed by atoms with Gasteiger partial charge in [-0.2, -0.15) is 0 Å². The van der Waals surface area contributed by atoms with Crippen LogP contribution in [-0.2, 0) is 0 Å². The van der Waals surface area contributed by atoms with E-state index in [0.29, 0.717) is 12.5 Å². The minimum atomic E-state index is -0.125. The van der Waals surface area contributed by atoms with E-state index in [1.807, 2.05) is 26.2 Å². The Bertz CT molecular complexity index is 450. The van der Waals surface area contributed by atoms with E-state index < -0.39 is 0 Å². The number of ether oxygens (including phenoxy) is 1. The predicted octanol–water partition coefficient (Wildman–Crippen LogP) is 2.44. The number of nitrogens with one attached hydrogen (secondary N) is 1. The molecule has 1 aliphatic rings. The molecule has 0 aromatic heterocycles. The van der Waals surface area contributed by atoms with E-state index in [2.05, 4.69) is 29.3 Å². The van der Waals surface area contributed by atoms with E-state index in [1.54, 1.807) is 0 Å². The first-order valence-corrected chi connectivity index (χ1v) is 8.35. The molecular formula is C18H30N2O2. The molecule has 0 saturated heterocycles. The van der Waals surface area contributed by atoms with Crippen LogP contribution in [0, 0.1) is 5.92 Å². The minimum Gasteiger partial charge on any atom is -0.492 e. The summed E-state index contributed by atoms with van der Waals surface area (Å²) >= 11 is 0. The van der Waals surface area contributed by atoms with Gasteiger partial charge in [-0.3, -0.25) is 0 Å². The quantitative estimate of drug-likeness (QED) is 0.774. The number of likely N-dealkylation sites (N-methyl/N-ethyl adjacent to an activating group) is 1. The zero-order valence-electron chi connectivity index (χ0n) is 14.1. The van der Waals surface area contributed by atoms with Gasteiger partial charge in [-0.05, 0) is 57.5 Å². The van der Waals surface area contributed by atoms with Crippen molar-refractivity contribution in [3.63, 3.8) is 0 Å². The molecule has 0 bridgehead atoms. The Morgan fingerprint density at radius 2 is 2.18 bits per heavy atom. The lowest BCUT2D eigenvalue weighted by Crippen LogP contribution is -2.29. The lowest BCUT2D eigenvalue weighted by atomic mass is 10.0. The van der Waals surface area contributed by atoms with Crippen LogP contribution in [0.5, 0.6) is 5.75 Å². The lowest BCUT2D eigenvalue weighted by Gasteiger charge is -2.20. The molecule has 1 fully saturated rings. The molecule has 0 aliphatic heterocycles. The van der Waals surface area contributed by atoms with Crippen molar-refractivity contribution in [1.82, 2.24) is 10.2 Å². The van der Waals surface area contributed by atoms with Crippen molar-refractivity contribution in [3.05, 3.63) is 29.8 Å². The molecule has 1 aliphatic carbocycles. The highest BCUT2D eigenvalue weighted by Crippen LogP contribution is 2.26. The van der Waals surface area contributed by atoms with Crippen molar-refractivity contribution in [2.75, 3.05) is 33.8 Å². The van der Waals surface area contributed by atoms with Crippen molar-refractivity contribution >= 4 is 0 Å². The summed E-state index contributed by atoms with van der Waals surface area (Å²) in [4.78, 5) is 2.11. The monoisotopic (exact) mass is 306 g/mol. The summed E-state index contributed by atoms with van der Waals surface area (Å²) in [5.74, 6) is 1.33.